The number of aliphatic carboxylic acids is 1. The molecule has 0 aliphatic carbocycles. The van der Waals surface area contributed by atoms with Crippen molar-refractivity contribution in [2.45, 2.75) is 0 Å². The Bertz CT molecular complexity index is 173. The van der Waals surface area contributed by atoms with E-state index < -0.39 is 5.97 Å². The summed E-state index contributed by atoms with van der Waals surface area (Å²) in [6, 6.07) is 0. The van der Waals surface area contributed by atoms with E-state index >= 15 is 0 Å². The van der Waals surface area contributed by atoms with Crippen LogP contribution in [0.25, 0.3) is 0 Å². The van der Waals surface area contributed by atoms with Gasteiger partial charge in [-0.25, -0.2) is 0 Å². The van der Waals surface area contributed by atoms with Crippen molar-refractivity contribution < 1.29 is 14.7 Å². The summed E-state index contributed by atoms with van der Waals surface area (Å²) in [4.78, 5) is 19.7. The number of carboxylic acid groups (broad SMARTS) is 1. The first kappa shape index (κ1) is 8.84. The minimum absolute atomic E-state index is 0.0671. The molecule has 0 spiro atoms. The van der Waals surface area contributed by atoms with E-state index in [1.54, 1.807) is 0 Å². The van der Waals surface area contributed by atoms with Crippen LogP contribution in [0.2, 0.25) is 0 Å². The third-order valence-corrected chi connectivity index (χ3v) is 2.36. The molecule has 9 heavy (non-hydrogen) atoms. The summed E-state index contributed by atoms with van der Waals surface area (Å²) >= 11 is 5.29. The summed E-state index contributed by atoms with van der Waals surface area (Å²) in [5.41, 5.74) is 0. The number of carbonyl (C=O) groups excluding carboxylic acids is 2. The molecule has 0 rings (SSSR count). The Hall–Kier alpha value is -0.160. The summed E-state index contributed by atoms with van der Waals surface area (Å²) in [6.45, 7) is 0. The summed E-state index contributed by atoms with van der Waals surface area (Å²) in [6.07, 6.45) is 0.361. The molecule has 0 N–H and O–H groups in total. The molecular weight excluding hydrogens is 256 g/mol. The molecular formula is C4HBr2O3-. The largest absolute Gasteiger partial charge is 0.544 e. The fourth-order valence-corrected chi connectivity index (χ4v) is 0.405. The van der Waals surface area contributed by atoms with Crippen LogP contribution < -0.4 is 5.11 Å². The molecule has 0 saturated heterocycles. The van der Waals surface area contributed by atoms with Gasteiger partial charge in [0, 0.05) is 0 Å². The zero-order valence-electron chi connectivity index (χ0n) is 4.06. The van der Waals surface area contributed by atoms with Gasteiger partial charge in [0.1, 0.15) is 0 Å². The fraction of sp³-hybridized carbons (Fsp3) is 0. The first-order chi connectivity index (χ1) is 4.09. The van der Waals surface area contributed by atoms with Gasteiger partial charge in [-0.1, -0.05) is 0 Å². The van der Waals surface area contributed by atoms with Crippen molar-refractivity contribution in [3.8, 4) is 0 Å². The number of hydrogen-bond donors (Lipinski definition) is 0. The Morgan fingerprint density at radius 3 is 2.00 bits per heavy atom. The van der Waals surface area contributed by atoms with E-state index in [0.717, 1.165) is 0 Å². The Morgan fingerprint density at radius 2 is 1.89 bits per heavy atom. The Balaban J connectivity index is 4.47. The van der Waals surface area contributed by atoms with Crippen LogP contribution in [0, 0.1) is 0 Å². The van der Waals surface area contributed by atoms with Gasteiger partial charge in [0.05, 0.1) is 14.9 Å². The van der Waals surface area contributed by atoms with Crippen LogP contribution in [0.1, 0.15) is 0 Å². The Labute approximate surface area is 68.0 Å². The smallest absolute Gasteiger partial charge is 0.158 e. The van der Waals surface area contributed by atoms with E-state index in [4.69, 9.17) is 0 Å². The van der Waals surface area contributed by atoms with Gasteiger partial charge in [-0.2, -0.15) is 0 Å². The van der Waals surface area contributed by atoms with Gasteiger partial charge < -0.3 is 9.90 Å². The SMILES string of the molecule is O=CC(Br)=C(Br)C(=O)[O-]. The molecule has 0 radical (unpaired) electrons. The average Bonchev–Trinajstić information content (AvgIpc) is 1.84. The van der Waals surface area contributed by atoms with Crippen LogP contribution in [0.5, 0.6) is 0 Å². The van der Waals surface area contributed by atoms with Gasteiger partial charge in [0.2, 0.25) is 0 Å². The molecule has 5 heteroatoms. The standard InChI is InChI=1S/C4H2Br2O3/c5-2(1-7)3(6)4(8)9/h1H,(H,8,9)/p-1. The molecule has 0 atom stereocenters. The first-order valence-corrected chi connectivity index (χ1v) is 3.40. The van der Waals surface area contributed by atoms with E-state index in [1.807, 2.05) is 0 Å². The maximum Gasteiger partial charge on any atom is 0.158 e. The molecule has 50 valence electrons. The molecule has 3 nitrogen and oxygen atoms in total. The summed E-state index contributed by atoms with van der Waals surface area (Å²) in [7, 11) is 0. The van der Waals surface area contributed by atoms with Crippen LogP contribution in [-0.2, 0) is 9.59 Å². The van der Waals surface area contributed by atoms with Crippen molar-refractivity contribution in [2.24, 2.45) is 0 Å². The van der Waals surface area contributed by atoms with Gasteiger partial charge >= 0.3 is 0 Å². The van der Waals surface area contributed by atoms with Crippen molar-refractivity contribution in [1.82, 2.24) is 0 Å². The van der Waals surface area contributed by atoms with Crippen LogP contribution in [0.4, 0.5) is 0 Å². The Morgan fingerprint density at radius 1 is 1.44 bits per heavy atom. The predicted molar refractivity (Wildman–Crippen MR) is 36.0 cm³/mol. The molecule has 0 aromatic carbocycles. The monoisotopic (exact) mass is 255 g/mol. The highest BCUT2D eigenvalue weighted by molar-refractivity contribution is 9.14. The molecule has 0 aromatic rings. The molecule has 0 aliphatic rings. The van der Waals surface area contributed by atoms with E-state index in [2.05, 4.69) is 31.9 Å². The summed E-state index contributed by atoms with van der Waals surface area (Å²) < 4.78 is -0.347. The quantitative estimate of drug-likeness (QED) is 0.514. The number of aldehydes is 1. The maximum atomic E-state index is 9.89. The molecule has 0 fully saturated rings. The number of halogens is 2. The number of hydrogen-bond acceptors (Lipinski definition) is 3. The second kappa shape index (κ2) is 3.79. The van der Waals surface area contributed by atoms with Crippen molar-refractivity contribution in [2.75, 3.05) is 0 Å². The highest BCUT2D eigenvalue weighted by Gasteiger charge is 1.98. The topological polar surface area (TPSA) is 57.2 Å². The Kier molecular flexibility index (Phi) is 3.72. The lowest BCUT2D eigenvalue weighted by Gasteiger charge is -1.97. The van der Waals surface area contributed by atoms with Crippen LogP contribution in [0.3, 0.4) is 0 Å². The van der Waals surface area contributed by atoms with E-state index in [0.29, 0.717) is 6.29 Å². The van der Waals surface area contributed by atoms with E-state index in [9.17, 15) is 14.7 Å². The lowest BCUT2D eigenvalue weighted by molar-refractivity contribution is -0.298. The number of rotatable bonds is 2. The lowest BCUT2D eigenvalue weighted by Crippen LogP contribution is -2.22. The minimum Gasteiger partial charge on any atom is -0.544 e. The highest BCUT2D eigenvalue weighted by Crippen LogP contribution is 2.14. The van der Waals surface area contributed by atoms with Gasteiger partial charge in [-0.15, -0.1) is 0 Å². The van der Waals surface area contributed by atoms with Crippen molar-refractivity contribution in [3.63, 3.8) is 0 Å². The second-order valence-corrected chi connectivity index (χ2v) is 2.71. The van der Waals surface area contributed by atoms with Crippen molar-refractivity contribution in [3.05, 3.63) is 8.96 Å². The summed E-state index contributed by atoms with van der Waals surface area (Å²) in [5, 5.41) is 9.89. The van der Waals surface area contributed by atoms with Gasteiger partial charge in [-0.05, 0) is 31.9 Å². The number of carboxylic acids is 1. The van der Waals surface area contributed by atoms with Gasteiger partial charge in [-0.3, -0.25) is 4.79 Å². The molecule has 0 unspecified atom stereocenters. The lowest BCUT2D eigenvalue weighted by atomic mass is 10.5. The molecule has 0 aliphatic heterocycles. The maximum absolute atomic E-state index is 9.89. The molecule has 0 saturated carbocycles. The van der Waals surface area contributed by atoms with Crippen molar-refractivity contribution in [1.29, 1.82) is 0 Å². The van der Waals surface area contributed by atoms with Crippen LogP contribution >= 0.6 is 31.9 Å². The fourth-order valence-electron chi connectivity index (χ4n) is 0.149. The predicted octanol–water partition coefficient (Wildman–Crippen LogP) is -0.0634. The zero-order chi connectivity index (χ0) is 7.44. The van der Waals surface area contributed by atoms with Crippen LogP contribution in [0.15, 0.2) is 8.96 Å². The molecule has 0 aromatic heterocycles. The first-order valence-electron chi connectivity index (χ1n) is 1.81. The van der Waals surface area contributed by atoms with E-state index in [-0.39, 0.29) is 8.96 Å². The molecule has 0 amide bonds. The van der Waals surface area contributed by atoms with Crippen molar-refractivity contribution >= 4 is 44.1 Å². The zero-order valence-corrected chi connectivity index (χ0v) is 7.23. The van der Waals surface area contributed by atoms with Gasteiger partial charge in [0.25, 0.3) is 0 Å². The van der Waals surface area contributed by atoms with Gasteiger partial charge in [0.15, 0.2) is 6.29 Å². The third kappa shape index (κ3) is 2.76. The number of allylic oxidation sites excluding steroid dienone is 1. The summed E-state index contributed by atoms with van der Waals surface area (Å²) in [5.74, 6) is -1.42. The number of carbonyl (C=O) groups is 2. The molecule has 0 bridgehead atoms. The van der Waals surface area contributed by atoms with Crippen LogP contribution in [-0.4, -0.2) is 12.3 Å². The molecule has 0 heterocycles. The van der Waals surface area contributed by atoms with E-state index in [1.165, 1.54) is 0 Å². The second-order valence-electron chi connectivity index (χ2n) is 1.07. The highest BCUT2D eigenvalue weighted by atomic mass is 79.9. The third-order valence-electron chi connectivity index (χ3n) is 0.492. The minimum atomic E-state index is -1.42. The average molecular weight is 257 g/mol. The normalized spacial score (nSPS) is 12.2.